The summed E-state index contributed by atoms with van der Waals surface area (Å²) in [5.41, 5.74) is 0. The van der Waals surface area contributed by atoms with Gasteiger partial charge in [0, 0.05) is 6.08 Å². The van der Waals surface area contributed by atoms with Crippen LogP contribution in [-0.4, -0.2) is 56.0 Å². The topological polar surface area (TPSA) is 46.5 Å². The van der Waals surface area contributed by atoms with Gasteiger partial charge in [0.05, 0.1) is 21.1 Å². The van der Waals surface area contributed by atoms with Gasteiger partial charge in [-0.25, -0.2) is 4.79 Å². The van der Waals surface area contributed by atoms with Crippen LogP contribution in [0, 0.1) is 0 Å². The van der Waals surface area contributed by atoms with Crippen molar-refractivity contribution in [1.29, 1.82) is 0 Å². The van der Waals surface area contributed by atoms with Crippen LogP contribution in [0.4, 0.5) is 0 Å². The lowest BCUT2D eigenvalue weighted by molar-refractivity contribution is -0.873. The highest BCUT2D eigenvalue weighted by Gasteiger charge is 2.16. The molecule has 0 radical (unpaired) electrons. The third-order valence-electron chi connectivity index (χ3n) is 1.48. The molecule has 0 aliphatic carbocycles. The second-order valence-electron chi connectivity index (χ2n) is 4.26. The minimum atomic E-state index is -0.607. The van der Waals surface area contributed by atoms with E-state index in [0.717, 1.165) is 0 Å². The maximum absolute atomic E-state index is 10.9. The molecule has 0 aliphatic rings. The molecule has 0 heterocycles. The fourth-order valence-corrected chi connectivity index (χ4v) is 1.05. The Bertz CT molecular complexity index is 211. The molecule has 0 spiro atoms. The van der Waals surface area contributed by atoms with E-state index in [1.807, 2.05) is 21.1 Å². The van der Waals surface area contributed by atoms with Gasteiger partial charge in [-0.05, 0) is 6.92 Å². The van der Waals surface area contributed by atoms with E-state index in [9.17, 15) is 9.90 Å². The molecule has 0 aromatic heterocycles. The van der Waals surface area contributed by atoms with E-state index in [1.54, 1.807) is 13.0 Å². The molecule has 4 nitrogen and oxygen atoms in total. The van der Waals surface area contributed by atoms with Crippen molar-refractivity contribution in [3.63, 3.8) is 0 Å². The largest absolute Gasteiger partial charge is 1.00 e. The maximum atomic E-state index is 10.9. The van der Waals surface area contributed by atoms with E-state index in [4.69, 9.17) is 4.74 Å². The minimum absolute atomic E-state index is 0. The Morgan fingerprint density at radius 2 is 2.00 bits per heavy atom. The number of carbonyl (C=O) groups is 1. The number of rotatable bonds is 5. The zero-order valence-corrected chi connectivity index (χ0v) is 11.9. The Morgan fingerprint density at radius 3 is 2.40 bits per heavy atom. The van der Waals surface area contributed by atoms with Gasteiger partial charge in [-0.3, -0.25) is 0 Å². The summed E-state index contributed by atoms with van der Waals surface area (Å²) in [5.74, 6) is -0.409. The average molecular weight is 329 g/mol. The van der Waals surface area contributed by atoms with Crippen molar-refractivity contribution in [2.24, 2.45) is 0 Å². The summed E-state index contributed by atoms with van der Waals surface area (Å²) in [6, 6.07) is 0. The SMILES string of the molecule is CC=CC(=O)OCC(O)C[N+](C)(C)C.[I-]. The molecule has 5 heteroatoms. The second-order valence-corrected chi connectivity index (χ2v) is 4.26. The van der Waals surface area contributed by atoms with E-state index in [2.05, 4.69) is 0 Å². The monoisotopic (exact) mass is 329 g/mol. The summed E-state index contributed by atoms with van der Waals surface area (Å²) < 4.78 is 5.45. The van der Waals surface area contributed by atoms with Gasteiger partial charge in [0.2, 0.25) is 0 Å². The number of carbonyl (C=O) groups excluding carboxylic acids is 1. The molecule has 0 aromatic rings. The van der Waals surface area contributed by atoms with Crippen LogP contribution >= 0.6 is 0 Å². The van der Waals surface area contributed by atoms with E-state index in [-0.39, 0.29) is 30.6 Å². The van der Waals surface area contributed by atoms with Crippen LogP contribution in [-0.2, 0) is 9.53 Å². The molecule has 0 bridgehead atoms. The van der Waals surface area contributed by atoms with Gasteiger partial charge in [-0.2, -0.15) is 0 Å². The lowest BCUT2D eigenvalue weighted by atomic mass is 10.3. The Morgan fingerprint density at radius 1 is 1.47 bits per heavy atom. The van der Waals surface area contributed by atoms with Gasteiger partial charge in [-0.15, -0.1) is 0 Å². The maximum Gasteiger partial charge on any atom is 0.330 e. The number of hydrogen-bond acceptors (Lipinski definition) is 3. The van der Waals surface area contributed by atoms with Crippen molar-refractivity contribution in [3.05, 3.63) is 12.2 Å². The molecule has 0 saturated carbocycles. The fourth-order valence-electron chi connectivity index (χ4n) is 1.05. The van der Waals surface area contributed by atoms with E-state index < -0.39 is 12.1 Å². The number of esters is 1. The molecule has 0 saturated heterocycles. The Hall–Kier alpha value is -0.140. The zero-order valence-electron chi connectivity index (χ0n) is 9.74. The average Bonchev–Trinajstić information content (AvgIpc) is 1.98. The number of aliphatic hydroxyl groups excluding tert-OH is 1. The van der Waals surface area contributed by atoms with Gasteiger partial charge >= 0.3 is 5.97 Å². The van der Waals surface area contributed by atoms with Crippen LogP contribution < -0.4 is 24.0 Å². The van der Waals surface area contributed by atoms with Crippen LogP contribution in [0.25, 0.3) is 0 Å². The van der Waals surface area contributed by atoms with E-state index in [0.29, 0.717) is 11.0 Å². The molecule has 0 rings (SSSR count). The second kappa shape index (κ2) is 8.06. The van der Waals surface area contributed by atoms with Crippen molar-refractivity contribution in [2.45, 2.75) is 13.0 Å². The molecule has 90 valence electrons. The highest BCUT2D eigenvalue weighted by Crippen LogP contribution is 1.96. The predicted octanol–water partition coefficient (Wildman–Crippen LogP) is -2.82. The first-order valence-electron chi connectivity index (χ1n) is 4.63. The first-order chi connectivity index (χ1) is 6.35. The Balaban J connectivity index is 0. The Labute approximate surface area is 109 Å². The molecule has 0 aliphatic heterocycles. The molecule has 0 aromatic carbocycles. The number of ether oxygens (including phenoxy) is 1. The predicted molar refractivity (Wildman–Crippen MR) is 54.7 cm³/mol. The van der Waals surface area contributed by atoms with Crippen molar-refractivity contribution < 1.29 is 43.1 Å². The summed E-state index contributed by atoms with van der Waals surface area (Å²) in [6.45, 7) is 2.35. The first kappa shape index (κ1) is 17.3. The number of aliphatic hydroxyl groups is 1. The van der Waals surface area contributed by atoms with Crippen molar-refractivity contribution in [1.82, 2.24) is 0 Å². The van der Waals surface area contributed by atoms with Crippen molar-refractivity contribution >= 4 is 5.97 Å². The van der Waals surface area contributed by atoms with Gasteiger partial charge in [0.1, 0.15) is 19.3 Å². The first-order valence-corrected chi connectivity index (χ1v) is 4.63. The fraction of sp³-hybridized carbons (Fsp3) is 0.700. The lowest BCUT2D eigenvalue weighted by Gasteiger charge is -2.26. The number of quaternary nitrogens is 1. The van der Waals surface area contributed by atoms with Gasteiger partial charge in [0.15, 0.2) is 0 Å². The number of allylic oxidation sites excluding steroid dienone is 1. The molecule has 1 N–H and O–H groups in total. The van der Waals surface area contributed by atoms with Gasteiger partial charge < -0.3 is 38.3 Å². The van der Waals surface area contributed by atoms with Crippen LogP contribution in [0.3, 0.4) is 0 Å². The summed E-state index contributed by atoms with van der Waals surface area (Å²) in [7, 11) is 5.91. The number of likely N-dealkylation sites (N-methyl/N-ethyl adjacent to an activating group) is 1. The molecular weight excluding hydrogens is 309 g/mol. The number of hydrogen-bond donors (Lipinski definition) is 1. The van der Waals surface area contributed by atoms with E-state index >= 15 is 0 Å². The van der Waals surface area contributed by atoms with Crippen molar-refractivity contribution in [3.8, 4) is 0 Å². The molecule has 0 amide bonds. The normalized spacial score (nSPS) is 13.4. The summed E-state index contributed by atoms with van der Waals surface area (Å²) in [5, 5.41) is 9.48. The van der Waals surface area contributed by atoms with Gasteiger partial charge in [-0.1, -0.05) is 6.08 Å². The van der Waals surface area contributed by atoms with Crippen LogP contribution in [0.2, 0.25) is 0 Å². The Kier molecular flexibility index (Phi) is 9.28. The number of halogens is 1. The zero-order chi connectivity index (χ0) is 11.2. The smallest absolute Gasteiger partial charge is 0.330 e. The lowest BCUT2D eigenvalue weighted by Crippen LogP contribution is -3.00. The van der Waals surface area contributed by atoms with Crippen molar-refractivity contribution in [2.75, 3.05) is 34.3 Å². The molecule has 0 fully saturated rings. The highest BCUT2D eigenvalue weighted by atomic mass is 127. The molecule has 1 atom stereocenters. The molecule has 15 heavy (non-hydrogen) atoms. The third kappa shape index (κ3) is 11.8. The standard InChI is InChI=1S/C10H20NO3.HI/c1-5-6-10(13)14-8-9(12)7-11(2,3)4;/h5-6,9,12H,7-8H2,1-4H3;1H/q+1;/p-1. The molecular formula is C10H20INO3. The number of nitrogens with zero attached hydrogens (tertiary/aromatic N) is 1. The minimum Gasteiger partial charge on any atom is -1.00 e. The summed E-state index contributed by atoms with van der Waals surface area (Å²) in [6.07, 6.45) is 2.33. The quantitative estimate of drug-likeness (QED) is 0.256. The third-order valence-corrected chi connectivity index (χ3v) is 1.48. The van der Waals surface area contributed by atoms with Crippen LogP contribution in [0.15, 0.2) is 12.2 Å². The van der Waals surface area contributed by atoms with E-state index in [1.165, 1.54) is 6.08 Å². The van der Waals surface area contributed by atoms with Crippen LogP contribution in [0.1, 0.15) is 6.92 Å². The van der Waals surface area contributed by atoms with Crippen LogP contribution in [0.5, 0.6) is 0 Å². The van der Waals surface area contributed by atoms with Gasteiger partial charge in [0.25, 0.3) is 0 Å². The summed E-state index contributed by atoms with van der Waals surface area (Å²) in [4.78, 5) is 10.9. The summed E-state index contributed by atoms with van der Waals surface area (Å²) >= 11 is 0. The highest BCUT2D eigenvalue weighted by molar-refractivity contribution is 5.81. The molecule has 1 unspecified atom stereocenters.